The summed E-state index contributed by atoms with van der Waals surface area (Å²) in [6, 6.07) is 0. The molecule has 0 spiro atoms. The summed E-state index contributed by atoms with van der Waals surface area (Å²) in [5, 5.41) is 0. The highest BCUT2D eigenvalue weighted by molar-refractivity contribution is 7.75. The molecule has 0 amide bonds. The maximum absolute atomic E-state index is 13.5. The molecule has 132 valence electrons. The van der Waals surface area contributed by atoms with Crippen molar-refractivity contribution in [2.45, 2.75) is 65.1 Å². The van der Waals surface area contributed by atoms with Gasteiger partial charge in [-0.1, -0.05) is 0 Å². The number of nitrogens with zero attached hydrogens (tertiary/aromatic N) is 1. The van der Waals surface area contributed by atoms with E-state index in [0.29, 0.717) is 0 Å². The standard InChI is InChI=1S/C11H27F3NO3PSi3/c1-20(2,3)15-10(11(12,13)14)19(16,17-21(4,5)6)18-22(7,8)9/h1-9H3/b15-10+. The Bertz CT molecular complexity index is 456. The zero-order chi connectivity index (χ0) is 18.2. The molecule has 0 aromatic heterocycles. The first-order valence-electron chi connectivity index (χ1n) is 6.94. The minimum atomic E-state index is -4.84. The van der Waals surface area contributed by atoms with Gasteiger partial charge in [-0.2, -0.15) is 13.2 Å². The Kier molecular flexibility index (Phi) is 6.72. The second-order valence-corrected chi connectivity index (χ2v) is 23.9. The fourth-order valence-electron chi connectivity index (χ4n) is 1.42. The maximum Gasteiger partial charge on any atom is 0.440 e. The van der Waals surface area contributed by atoms with Crippen molar-refractivity contribution in [2.75, 3.05) is 0 Å². The first-order chi connectivity index (χ1) is 9.25. The van der Waals surface area contributed by atoms with Gasteiger partial charge in [0.25, 0.3) is 0 Å². The van der Waals surface area contributed by atoms with Crippen LogP contribution in [-0.2, 0) is 13.0 Å². The third-order valence-electron chi connectivity index (χ3n) is 1.74. The first kappa shape index (κ1) is 22.3. The van der Waals surface area contributed by atoms with Gasteiger partial charge in [0.05, 0.1) is 0 Å². The molecule has 0 saturated heterocycles. The molecule has 0 atom stereocenters. The molecular weight excluding hydrogens is 366 g/mol. The molecule has 0 aromatic rings. The average Bonchev–Trinajstić information content (AvgIpc) is 2.03. The Labute approximate surface area is 134 Å². The van der Waals surface area contributed by atoms with Crippen molar-refractivity contribution in [3.05, 3.63) is 0 Å². The predicted molar refractivity (Wildman–Crippen MR) is 93.3 cm³/mol. The van der Waals surface area contributed by atoms with Crippen molar-refractivity contribution in [3.63, 3.8) is 0 Å². The lowest BCUT2D eigenvalue weighted by molar-refractivity contribution is -0.0566. The van der Waals surface area contributed by atoms with E-state index >= 15 is 0 Å². The predicted octanol–water partition coefficient (Wildman–Crippen LogP) is 5.68. The van der Waals surface area contributed by atoms with Crippen molar-refractivity contribution in [3.8, 4) is 0 Å². The molecule has 0 aliphatic heterocycles. The van der Waals surface area contributed by atoms with E-state index in [1.165, 1.54) is 0 Å². The maximum atomic E-state index is 13.5. The summed E-state index contributed by atoms with van der Waals surface area (Å²) in [4.78, 5) is 0. The monoisotopic (exact) mass is 393 g/mol. The molecule has 0 heterocycles. The van der Waals surface area contributed by atoms with Crippen LogP contribution in [0.1, 0.15) is 0 Å². The van der Waals surface area contributed by atoms with E-state index in [1.807, 2.05) is 0 Å². The van der Waals surface area contributed by atoms with Gasteiger partial charge in [-0.05, 0) is 58.9 Å². The Balaban J connectivity index is 6.22. The number of hydrogen-bond donors (Lipinski definition) is 0. The van der Waals surface area contributed by atoms with Gasteiger partial charge in [-0.15, -0.1) is 0 Å². The van der Waals surface area contributed by atoms with Crippen molar-refractivity contribution >= 4 is 37.9 Å². The van der Waals surface area contributed by atoms with Gasteiger partial charge in [0.15, 0.2) is 24.9 Å². The molecule has 0 saturated carbocycles. The van der Waals surface area contributed by atoms with Gasteiger partial charge in [-0.3, -0.25) is 4.57 Å². The van der Waals surface area contributed by atoms with E-state index in [4.69, 9.17) is 8.43 Å². The minimum Gasteiger partial charge on any atom is -0.347 e. The van der Waals surface area contributed by atoms with E-state index in [-0.39, 0.29) is 0 Å². The summed E-state index contributed by atoms with van der Waals surface area (Å²) in [7, 11) is -12.1. The fourth-order valence-corrected chi connectivity index (χ4v) is 10.8. The van der Waals surface area contributed by atoms with E-state index in [9.17, 15) is 17.7 Å². The highest BCUT2D eigenvalue weighted by atomic mass is 31.2. The van der Waals surface area contributed by atoms with Crippen molar-refractivity contribution in [2.24, 2.45) is 4.66 Å². The molecule has 0 fully saturated rings. The van der Waals surface area contributed by atoms with E-state index in [2.05, 4.69) is 4.66 Å². The molecule has 22 heavy (non-hydrogen) atoms. The molecule has 0 N–H and O–H groups in total. The summed E-state index contributed by atoms with van der Waals surface area (Å²) >= 11 is 0. The van der Waals surface area contributed by atoms with Crippen LogP contribution in [-0.4, -0.2) is 36.5 Å². The molecule has 0 bridgehead atoms. The van der Waals surface area contributed by atoms with Crippen LogP contribution in [0.2, 0.25) is 58.9 Å². The first-order valence-corrected chi connectivity index (χ1v) is 18.8. The molecule has 4 nitrogen and oxygen atoms in total. The quantitative estimate of drug-likeness (QED) is 0.331. The Morgan fingerprint density at radius 2 is 1.18 bits per heavy atom. The smallest absolute Gasteiger partial charge is 0.347 e. The molecule has 0 aliphatic carbocycles. The number of hydrogen-bond acceptors (Lipinski definition) is 4. The second-order valence-electron chi connectivity index (χ2n) is 8.01. The van der Waals surface area contributed by atoms with Crippen LogP contribution in [0, 0.1) is 0 Å². The van der Waals surface area contributed by atoms with Crippen LogP contribution < -0.4 is 0 Å². The number of rotatable bonds is 6. The average molecular weight is 394 g/mol. The topological polar surface area (TPSA) is 47.9 Å². The lowest BCUT2D eigenvalue weighted by Crippen LogP contribution is -2.37. The summed E-state index contributed by atoms with van der Waals surface area (Å²) in [6.45, 7) is 15.0. The SMILES string of the molecule is C[Si](C)(C)/N=C(\C(F)(F)F)P(=O)(O[Si](C)(C)C)O[Si](C)(C)C. The van der Waals surface area contributed by atoms with Crippen molar-refractivity contribution in [1.29, 1.82) is 0 Å². The van der Waals surface area contributed by atoms with Crippen LogP contribution in [0.25, 0.3) is 0 Å². The second kappa shape index (κ2) is 6.64. The Morgan fingerprint density at radius 1 is 0.864 bits per heavy atom. The third kappa shape index (κ3) is 8.78. The summed E-state index contributed by atoms with van der Waals surface area (Å²) < 4.78 is 68.1. The van der Waals surface area contributed by atoms with Gasteiger partial charge < -0.3 is 13.1 Å². The molecular formula is C11H27F3NO3PSi3. The van der Waals surface area contributed by atoms with Crippen molar-refractivity contribution in [1.82, 2.24) is 0 Å². The summed E-state index contributed by atoms with van der Waals surface area (Å²) in [6.07, 6.45) is -4.84. The van der Waals surface area contributed by atoms with Gasteiger partial charge in [-0.25, -0.2) is 0 Å². The Morgan fingerprint density at radius 3 is 1.36 bits per heavy atom. The lowest BCUT2D eigenvalue weighted by Gasteiger charge is -2.33. The van der Waals surface area contributed by atoms with Gasteiger partial charge >= 0.3 is 13.8 Å². The molecule has 0 radical (unpaired) electrons. The van der Waals surface area contributed by atoms with E-state index in [1.54, 1.807) is 58.9 Å². The summed E-state index contributed by atoms with van der Waals surface area (Å²) in [5.74, 6) is 0. The minimum absolute atomic E-state index is 1.37. The number of alkyl halides is 3. The molecule has 0 aromatic carbocycles. The molecule has 11 heteroatoms. The van der Waals surface area contributed by atoms with Gasteiger partial charge in [0.1, 0.15) is 0 Å². The molecule has 0 aliphatic rings. The van der Waals surface area contributed by atoms with E-state index in [0.717, 1.165) is 0 Å². The normalized spacial score (nSPS) is 16.1. The van der Waals surface area contributed by atoms with Crippen LogP contribution >= 0.6 is 7.60 Å². The highest BCUT2D eigenvalue weighted by Gasteiger charge is 2.53. The third-order valence-corrected chi connectivity index (χ3v) is 10.0. The zero-order valence-electron chi connectivity index (χ0n) is 14.8. The zero-order valence-corrected chi connectivity index (χ0v) is 18.6. The molecule has 0 rings (SSSR count). The van der Waals surface area contributed by atoms with Gasteiger partial charge in [0.2, 0.25) is 5.45 Å². The summed E-state index contributed by atoms with van der Waals surface area (Å²) in [5.41, 5.74) is -1.37. The lowest BCUT2D eigenvalue weighted by atomic mass is 10.7. The van der Waals surface area contributed by atoms with E-state index < -0.39 is 44.1 Å². The largest absolute Gasteiger partial charge is 0.440 e. The van der Waals surface area contributed by atoms with Crippen LogP contribution in [0.3, 0.4) is 0 Å². The van der Waals surface area contributed by atoms with Crippen LogP contribution in [0.15, 0.2) is 4.66 Å². The van der Waals surface area contributed by atoms with Crippen LogP contribution in [0.5, 0.6) is 0 Å². The fraction of sp³-hybridized carbons (Fsp3) is 0.909. The van der Waals surface area contributed by atoms with Crippen molar-refractivity contribution < 1.29 is 26.2 Å². The Hall–Kier alpha value is 0.261. The molecule has 0 unspecified atom stereocenters. The highest BCUT2D eigenvalue weighted by Crippen LogP contribution is 2.58. The van der Waals surface area contributed by atoms with Crippen LogP contribution in [0.4, 0.5) is 13.2 Å². The van der Waals surface area contributed by atoms with Gasteiger partial charge in [0, 0.05) is 0 Å². The number of halogens is 3.